The van der Waals surface area contributed by atoms with Gasteiger partial charge in [0.1, 0.15) is 11.0 Å². The van der Waals surface area contributed by atoms with Gasteiger partial charge in [0.05, 0.1) is 18.7 Å². The van der Waals surface area contributed by atoms with Crippen LogP contribution in [0.3, 0.4) is 0 Å². The second kappa shape index (κ2) is 5.41. The van der Waals surface area contributed by atoms with E-state index in [-0.39, 0.29) is 0 Å². The summed E-state index contributed by atoms with van der Waals surface area (Å²) < 4.78 is 1.84. The molecule has 0 saturated carbocycles. The highest BCUT2D eigenvalue weighted by molar-refractivity contribution is 6.29. The SMILES string of the molecule is Cn1c(Cl)cnc1CN1CCC(C(=O)O)c2ccccc21. The highest BCUT2D eigenvalue weighted by Crippen LogP contribution is 2.36. The number of carboxylic acids is 1. The van der Waals surface area contributed by atoms with E-state index in [2.05, 4.69) is 9.88 Å². The molecule has 5 nitrogen and oxygen atoms in total. The van der Waals surface area contributed by atoms with Crippen LogP contribution in [0.15, 0.2) is 30.5 Å². The molecular formula is C15H16ClN3O2. The molecule has 0 aliphatic carbocycles. The minimum atomic E-state index is -0.762. The molecule has 0 fully saturated rings. The van der Waals surface area contributed by atoms with Gasteiger partial charge in [0, 0.05) is 19.3 Å². The zero-order chi connectivity index (χ0) is 15.0. The van der Waals surface area contributed by atoms with Crippen molar-refractivity contribution in [2.45, 2.75) is 18.9 Å². The van der Waals surface area contributed by atoms with E-state index >= 15 is 0 Å². The first-order chi connectivity index (χ1) is 10.1. The van der Waals surface area contributed by atoms with Crippen molar-refractivity contribution in [3.8, 4) is 0 Å². The maximum atomic E-state index is 11.4. The molecule has 0 radical (unpaired) electrons. The average Bonchev–Trinajstić information content (AvgIpc) is 2.79. The third-order valence-electron chi connectivity index (χ3n) is 4.00. The maximum Gasteiger partial charge on any atom is 0.311 e. The van der Waals surface area contributed by atoms with Crippen molar-refractivity contribution in [2.75, 3.05) is 11.4 Å². The maximum absolute atomic E-state index is 11.4. The van der Waals surface area contributed by atoms with Gasteiger partial charge in [0.2, 0.25) is 0 Å². The first-order valence-corrected chi connectivity index (χ1v) is 7.18. The van der Waals surface area contributed by atoms with Crippen molar-refractivity contribution in [1.29, 1.82) is 0 Å². The van der Waals surface area contributed by atoms with E-state index in [1.54, 1.807) is 6.20 Å². The molecule has 0 spiro atoms. The number of nitrogens with zero attached hydrogens (tertiary/aromatic N) is 3. The molecule has 3 rings (SSSR count). The quantitative estimate of drug-likeness (QED) is 0.947. The van der Waals surface area contributed by atoms with E-state index in [0.717, 1.165) is 17.1 Å². The van der Waals surface area contributed by atoms with Crippen molar-refractivity contribution in [3.05, 3.63) is 47.0 Å². The fraction of sp³-hybridized carbons (Fsp3) is 0.333. The number of aromatic nitrogens is 2. The van der Waals surface area contributed by atoms with E-state index < -0.39 is 11.9 Å². The van der Waals surface area contributed by atoms with Crippen LogP contribution < -0.4 is 4.90 Å². The summed E-state index contributed by atoms with van der Waals surface area (Å²) in [6.45, 7) is 1.31. The Morgan fingerprint density at radius 1 is 1.48 bits per heavy atom. The second-order valence-electron chi connectivity index (χ2n) is 5.22. The number of para-hydroxylation sites is 1. The van der Waals surface area contributed by atoms with Gasteiger partial charge < -0.3 is 14.6 Å². The summed E-state index contributed by atoms with van der Waals surface area (Å²) in [4.78, 5) is 17.9. The number of fused-ring (bicyclic) bond motifs is 1. The summed E-state index contributed by atoms with van der Waals surface area (Å²) >= 11 is 6.02. The molecule has 21 heavy (non-hydrogen) atoms. The van der Waals surface area contributed by atoms with Crippen LogP contribution in [0.25, 0.3) is 0 Å². The number of halogens is 1. The molecule has 1 N–H and O–H groups in total. The van der Waals surface area contributed by atoms with Crippen LogP contribution in [0.4, 0.5) is 5.69 Å². The number of carbonyl (C=O) groups is 1. The lowest BCUT2D eigenvalue weighted by Gasteiger charge is -2.34. The Labute approximate surface area is 127 Å². The predicted molar refractivity (Wildman–Crippen MR) is 80.7 cm³/mol. The smallest absolute Gasteiger partial charge is 0.311 e. The van der Waals surface area contributed by atoms with Crippen LogP contribution >= 0.6 is 11.6 Å². The Morgan fingerprint density at radius 3 is 2.90 bits per heavy atom. The molecule has 6 heteroatoms. The Bertz CT molecular complexity index is 683. The van der Waals surface area contributed by atoms with Crippen molar-refractivity contribution in [2.24, 2.45) is 7.05 Å². The van der Waals surface area contributed by atoms with Crippen molar-refractivity contribution in [1.82, 2.24) is 9.55 Å². The summed E-state index contributed by atoms with van der Waals surface area (Å²) in [5, 5.41) is 9.95. The second-order valence-corrected chi connectivity index (χ2v) is 5.60. The summed E-state index contributed by atoms with van der Waals surface area (Å²) in [6, 6.07) is 7.68. The van der Waals surface area contributed by atoms with E-state index in [1.807, 2.05) is 35.9 Å². The lowest BCUT2D eigenvalue weighted by molar-refractivity contribution is -0.139. The molecule has 2 aromatic rings. The number of benzene rings is 1. The van der Waals surface area contributed by atoms with Gasteiger partial charge in [-0.1, -0.05) is 29.8 Å². The summed E-state index contributed by atoms with van der Waals surface area (Å²) in [5.41, 5.74) is 1.84. The van der Waals surface area contributed by atoms with Gasteiger partial charge in [-0.25, -0.2) is 4.98 Å². The Kier molecular flexibility index (Phi) is 3.59. The average molecular weight is 306 g/mol. The molecule has 0 saturated heterocycles. The first-order valence-electron chi connectivity index (χ1n) is 6.80. The predicted octanol–water partition coefficient (Wildman–Crippen LogP) is 2.65. The Morgan fingerprint density at radius 2 is 2.24 bits per heavy atom. The van der Waals surface area contributed by atoms with Gasteiger partial charge in [0.15, 0.2) is 0 Å². The van der Waals surface area contributed by atoms with E-state index in [4.69, 9.17) is 11.6 Å². The minimum absolute atomic E-state index is 0.428. The van der Waals surface area contributed by atoms with E-state index in [9.17, 15) is 9.90 Å². The largest absolute Gasteiger partial charge is 0.481 e. The number of aliphatic carboxylic acids is 1. The zero-order valence-corrected chi connectivity index (χ0v) is 12.4. The van der Waals surface area contributed by atoms with Gasteiger partial charge in [-0.05, 0) is 18.1 Å². The molecule has 1 aliphatic heterocycles. The van der Waals surface area contributed by atoms with Crippen LogP contribution in [-0.4, -0.2) is 27.2 Å². The van der Waals surface area contributed by atoms with Gasteiger partial charge >= 0.3 is 5.97 Å². The molecule has 110 valence electrons. The van der Waals surface area contributed by atoms with Crippen molar-refractivity contribution < 1.29 is 9.90 Å². The number of rotatable bonds is 3. The standard InChI is InChI=1S/C15H16ClN3O2/c1-18-13(16)8-17-14(18)9-19-7-6-11(15(20)21)10-4-2-3-5-12(10)19/h2-5,8,11H,6-7,9H2,1H3,(H,20,21). The third-order valence-corrected chi connectivity index (χ3v) is 4.35. The Hall–Kier alpha value is -2.01. The zero-order valence-electron chi connectivity index (χ0n) is 11.7. The molecule has 0 bridgehead atoms. The lowest BCUT2D eigenvalue weighted by Crippen LogP contribution is -2.33. The van der Waals surface area contributed by atoms with Crippen LogP contribution in [0.1, 0.15) is 23.7 Å². The number of hydrogen-bond donors (Lipinski definition) is 1. The third kappa shape index (κ3) is 2.49. The topological polar surface area (TPSA) is 58.4 Å². The molecule has 1 aromatic heterocycles. The summed E-state index contributed by atoms with van der Waals surface area (Å²) in [5.74, 6) is -0.326. The highest BCUT2D eigenvalue weighted by atomic mass is 35.5. The van der Waals surface area contributed by atoms with Gasteiger partial charge in [-0.3, -0.25) is 4.79 Å². The van der Waals surface area contributed by atoms with Gasteiger partial charge in [-0.15, -0.1) is 0 Å². The van der Waals surface area contributed by atoms with Crippen molar-refractivity contribution in [3.63, 3.8) is 0 Å². The molecular weight excluding hydrogens is 290 g/mol. The number of imidazole rings is 1. The molecule has 1 atom stereocenters. The highest BCUT2D eigenvalue weighted by Gasteiger charge is 2.30. The van der Waals surface area contributed by atoms with Gasteiger partial charge in [0.25, 0.3) is 0 Å². The van der Waals surface area contributed by atoms with Crippen LogP contribution in [-0.2, 0) is 18.4 Å². The Balaban J connectivity index is 1.93. The lowest BCUT2D eigenvalue weighted by atomic mass is 9.90. The normalized spacial score (nSPS) is 17.6. The van der Waals surface area contributed by atoms with Crippen LogP contribution in [0.2, 0.25) is 5.15 Å². The molecule has 1 aliphatic rings. The van der Waals surface area contributed by atoms with Crippen LogP contribution in [0, 0.1) is 0 Å². The minimum Gasteiger partial charge on any atom is -0.481 e. The molecule has 1 unspecified atom stereocenters. The molecule has 2 heterocycles. The van der Waals surface area contributed by atoms with Crippen LogP contribution in [0.5, 0.6) is 0 Å². The summed E-state index contributed by atoms with van der Waals surface area (Å²) in [7, 11) is 1.88. The summed E-state index contributed by atoms with van der Waals surface area (Å²) in [6.07, 6.45) is 2.23. The number of anilines is 1. The number of carboxylic acid groups (broad SMARTS) is 1. The van der Waals surface area contributed by atoms with Crippen molar-refractivity contribution >= 4 is 23.3 Å². The van der Waals surface area contributed by atoms with E-state index in [0.29, 0.717) is 24.7 Å². The van der Waals surface area contributed by atoms with Gasteiger partial charge in [-0.2, -0.15) is 0 Å². The molecule has 0 amide bonds. The first kappa shape index (κ1) is 13.9. The fourth-order valence-electron chi connectivity index (χ4n) is 2.79. The number of hydrogen-bond acceptors (Lipinski definition) is 3. The fourth-order valence-corrected chi connectivity index (χ4v) is 2.94. The van der Waals surface area contributed by atoms with E-state index in [1.165, 1.54) is 0 Å². The molecule has 1 aromatic carbocycles. The monoisotopic (exact) mass is 305 g/mol.